The number of rotatable bonds is 6. The first-order valence-electron chi connectivity index (χ1n) is 9.54. The van der Waals surface area contributed by atoms with Crippen LogP contribution in [0.2, 0.25) is 0 Å². The molecule has 1 aliphatic rings. The Morgan fingerprint density at radius 2 is 2.04 bits per heavy atom. The van der Waals surface area contributed by atoms with Gasteiger partial charge < -0.3 is 9.80 Å². The van der Waals surface area contributed by atoms with E-state index in [1.54, 1.807) is 0 Å². The van der Waals surface area contributed by atoms with E-state index in [4.69, 9.17) is 0 Å². The summed E-state index contributed by atoms with van der Waals surface area (Å²) >= 11 is 0. The molecule has 1 N–H and O–H groups in total. The van der Waals surface area contributed by atoms with Gasteiger partial charge in [-0.3, -0.25) is 4.79 Å². The van der Waals surface area contributed by atoms with Gasteiger partial charge >= 0.3 is 0 Å². The highest BCUT2D eigenvalue weighted by Crippen LogP contribution is 2.26. The molecule has 2 heterocycles. The molecule has 0 aliphatic carbocycles. The van der Waals surface area contributed by atoms with Crippen molar-refractivity contribution in [1.29, 1.82) is 0 Å². The van der Waals surface area contributed by atoms with E-state index in [-0.39, 0.29) is 5.91 Å². The number of hydrogen-bond donors (Lipinski definition) is 1. The minimum Gasteiger partial charge on any atom is -0.338 e. The van der Waals surface area contributed by atoms with E-state index in [1.165, 1.54) is 12.8 Å². The Kier molecular flexibility index (Phi) is 5.11. The maximum atomic E-state index is 13.4. The zero-order valence-electron chi connectivity index (χ0n) is 15.6. The van der Waals surface area contributed by atoms with Crippen LogP contribution >= 0.6 is 0 Å². The Bertz CT molecular complexity index is 917. The van der Waals surface area contributed by atoms with Crippen molar-refractivity contribution in [2.75, 3.05) is 32.7 Å². The van der Waals surface area contributed by atoms with E-state index in [2.05, 4.69) is 25.5 Å². The summed E-state index contributed by atoms with van der Waals surface area (Å²) in [5, 5.41) is 16.2. The Morgan fingerprint density at radius 3 is 2.78 bits per heavy atom. The summed E-state index contributed by atoms with van der Waals surface area (Å²) in [5.74, 6) is 0.549. The number of aromatic nitrogens is 4. The van der Waals surface area contributed by atoms with Gasteiger partial charge in [0, 0.05) is 30.8 Å². The Hall–Kier alpha value is -2.80. The second kappa shape index (κ2) is 7.84. The molecule has 0 saturated carbocycles. The molecule has 7 nitrogen and oxygen atoms in total. The third kappa shape index (κ3) is 3.68. The number of carbonyl (C=O) groups excluding carboxylic acids is 1. The number of nitrogens with one attached hydrogen (secondary N) is 1. The molecular formula is C20H24N6O. The number of nitrogens with zero attached hydrogens (tertiary/aromatic N) is 5. The van der Waals surface area contributed by atoms with Crippen molar-refractivity contribution in [1.82, 2.24) is 30.4 Å². The molecule has 1 fully saturated rings. The lowest BCUT2D eigenvalue weighted by atomic mass is 9.99. The van der Waals surface area contributed by atoms with Gasteiger partial charge in [0.2, 0.25) is 5.82 Å². The number of fused-ring (bicyclic) bond motifs is 1. The number of amides is 1. The molecule has 140 valence electrons. The van der Waals surface area contributed by atoms with Gasteiger partial charge in [0.25, 0.3) is 5.91 Å². The van der Waals surface area contributed by atoms with E-state index >= 15 is 0 Å². The highest BCUT2D eigenvalue weighted by atomic mass is 16.2. The molecule has 0 bridgehead atoms. The quantitative estimate of drug-likeness (QED) is 0.727. The standard InChI is InChI=1S/C20H24N6O/c1-2-26(12-11-25-9-5-6-10-25)20(27)18-14-16(19-21-23-24-22-19)13-15-7-3-4-8-17(15)18/h3-4,7-8,13-14H,2,5-6,9-12H2,1H3,(H,21,22,23,24). The van der Waals surface area contributed by atoms with Crippen LogP contribution in [0.3, 0.4) is 0 Å². The van der Waals surface area contributed by atoms with Crippen LogP contribution in [0.4, 0.5) is 0 Å². The number of carbonyl (C=O) groups is 1. The maximum Gasteiger partial charge on any atom is 0.254 e. The molecule has 0 radical (unpaired) electrons. The summed E-state index contributed by atoms with van der Waals surface area (Å²) in [7, 11) is 0. The Labute approximate surface area is 158 Å². The van der Waals surface area contributed by atoms with Gasteiger partial charge in [-0.1, -0.05) is 24.3 Å². The van der Waals surface area contributed by atoms with E-state index in [1.807, 2.05) is 48.2 Å². The molecular weight excluding hydrogens is 340 g/mol. The van der Waals surface area contributed by atoms with Gasteiger partial charge in [0.05, 0.1) is 0 Å². The first-order chi connectivity index (χ1) is 13.3. The van der Waals surface area contributed by atoms with Crippen LogP contribution in [0.1, 0.15) is 30.1 Å². The molecule has 2 aromatic carbocycles. The number of H-pyrrole nitrogens is 1. The topological polar surface area (TPSA) is 78.0 Å². The van der Waals surface area contributed by atoms with Crippen LogP contribution in [-0.2, 0) is 0 Å². The molecule has 0 atom stereocenters. The molecule has 1 aromatic heterocycles. The number of tetrazole rings is 1. The lowest BCUT2D eigenvalue weighted by Gasteiger charge is -2.25. The normalized spacial score (nSPS) is 14.7. The minimum absolute atomic E-state index is 0.0539. The van der Waals surface area contributed by atoms with Crippen LogP contribution in [-0.4, -0.2) is 69.1 Å². The monoisotopic (exact) mass is 364 g/mol. The molecule has 0 spiro atoms. The molecule has 7 heteroatoms. The summed E-state index contributed by atoms with van der Waals surface area (Å²) in [5.41, 5.74) is 1.48. The van der Waals surface area contributed by atoms with E-state index in [0.717, 1.165) is 42.5 Å². The summed E-state index contributed by atoms with van der Waals surface area (Å²) in [6.07, 6.45) is 2.52. The van der Waals surface area contributed by atoms with Gasteiger partial charge in [-0.25, -0.2) is 0 Å². The Balaban J connectivity index is 1.66. The first kappa shape index (κ1) is 17.6. The minimum atomic E-state index is 0.0539. The fraction of sp³-hybridized carbons (Fsp3) is 0.400. The fourth-order valence-electron chi connectivity index (χ4n) is 3.74. The molecule has 4 rings (SSSR count). The van der Waals surface area contributed by atoms with Crippen molar-refractivity contribution in [2.45, 2.75) is 19.8 Å². The second-order valence-corrected chi connectivity index (χ2v) is 6.91. The zero-order chi connectivity index (χ0) is 18.6. The predicted octanol–water partition coefficient (Wildman–Crippen LogP) is 2.58. The average Bonchev–Trinajstić information content (AvgIpc) is 3.41. The van der Waals surface area contributed by atoms with Crippen LogP contribution in [0.5, 0.6) is 0 Å². The lowest BCUT2D eigenvalue weighted by Crippen LogP contribution is -2.37. The van der Waals surface area contributed by atoms with Crippen molar-refractivity contribution < 1.29 is 4.79 Å². The van der Waals surface area contributed by atoms with Gasteiger partial charge in [-0.05, 0) is 61.0 Å². The number of likely N-dealkylation sites (tertiary alicyclic amines) is 1. The highest BCUT2D eigenvalue weighted by Gasteiger charge is 2.20. The first-order valence-corrected chi connectivity index (χ1v) is 9.54. The zero-order valence-corrected chi connectivity index (χ0v) is 15.6. The third-order valence-corrected chi connectivity index (χ3v) is 5.25. The van der Waals surface area contributed by atoms with Crippen molar-refractivity contribution in [3.63, 3.8) is 0 Å². The summed E-state index contributed by atoms with van der Waals surface area (Å²) in [6, 6.07) is 11.8. The van der Waals surface area contributed by atoms with Gasteiger partial charge in [0.15, 0.2) is 0 Å². The number of hydrogen-bond acceptors (Lipinski definition) is 5. The predicted molar refractivity (Wildman–Crippen MR) is 104 cm³/mol. The maximum absolute atomic E-state index is 13.4. The van der Waals surface area contributed by atoms with Crippen molar-refractivity contribution in [3.05, 3.63) is 42.0 Å². The van der Waals surface area contributed by atoms with E-state index in [9.17, 15) is 4.79 Å². The van der Waals surface area contributed by atoms with E-state index in [0.29, 0.717) is 17.9 Å². The summed E-state index contributed by atoms with van der Waals surface area (Å²) in [4.78, 5) is 17.7. The van der Waals surface area contributed by atoms with Crippen molar-refractivity contribution in [3.8, 4) is 11.4 Å². The molecule has 27 heavy (non-hydrogen) atoms. The summed E-state index contributed by atoms with van der Waals surface area (Å²) in [6.45, 7) is 6.68. The molecule has 3 aromatic rings. The van der Waals surface area contributed by atoms with Crippen LogP contribution in [0.25, 0.3) is 22.2 Å². The molecule has 1 aliphatic heterocycles. The van der Waals surface area contributed by atoms with Crippen molar-refractivity contribution in [2.24, 2.45) is 0 Å². The van der Waals surface area contributed by atoms with Gasteiger partial charge in [-0.15, -0.1) is 10.2 Å². The fourth-order valence-corrected chi connectivity index (χ4v) is 3.74. The molecule has 1 saturated heterocycles. The van der Waals surface area contributed by atoms with Crippen LogP contribution in [0, 0.1) is 0 Å². The lowest BCUT2D eigenvalue weighted by molar-refractivity contribution is 0.0751. The SMILES string of the molecule is CCN(CCN1CCCC1)C(=O)c1cc(-c2nn[nH]n2)cc2ccccc12. The largest absolute Gasteiger partial charge is 0.338 e. The summed E-state index contributed by atoms with van der Waals surface area (Å²) < 4.78 is 0. The van der Waals surface area contributed by atoms with Gasteiger partial charge in [0.1, 0.15) is 0 Å². The van der Waals surface area contributed by atoms with Crippen molar-refractivity contribution >= 4 is 16.7 Å². The molecule has 1 amide bonds. The highest BCUT2D eigenvalue weighted by molar-refractivity contribution is 6.08. The number of likely N-dealkylation sites (N-methyl/N-ethyl adjacent to an activating group) is 1. The molecule has 0 unspecified atom stereocenters. The average molecular weight is 364 g/mol. The second-order valence-electron chi connectivity index (χ2n) is 6.91. The van der Waals surface area contributed by atoms with Gasteiger partial charge in [-0.2, -0.15) is 5.21 Å². The number of benzene rings is 2. The van der Waals surface area contributed by atoms with E-state index < -0.39 is 0 Å². The van der Waals surface area contributed by atoms with Crippen LogP contribution in [0.15, 0.2) is 36.4 Å². The number of aromatic amines is 1. The van der Waals surface area contributed by atoms with Crippen LogP contribution < -0.4 is 0 Å². The smallest absolute Gasteiger partial charge is 0.254 e. The third-order valence-electron chi connectivity index (χ3n) is 5.25. The Morgan fingerprint density at radius 1 is 1.22 bits per heavy atom.